The van der Waals surface area contributed by atoms with E-state index in [0.29, 0.717) is 6.04 Å². The third-order valence-corrected chi connectivity index (χ3v) is 2.99. The van der Waals surface area contributed by atoms with Crippen LogP contribution in [0.3, 0.4) is 0 Å². The Morgan fingerprint density at radius 3 is 3.06 bits per heavy atom. The summed E-state index contributed by atoms with van der Waals surface area (Å²) in [4.78, 5) is 10.7. The van der Waals surface area contributed by atoms with Gasteiger partial charge in [0.1, 0.15) is 0 Å². The van der Waals surface area contributed by atoms with Crippen molar-refractivity contribution in [3.8, 4) is 0 Å². The molecule has 1 aliphatic heterocycles. The van der Waals surface area contributed by atoms with E-state index in [2.05, 4.69) is 27.2 Å². The molecular formula is C12H20N4. The lowest BCUT2D eigenvalue weighted by molar-refractivity contribution is 0.254. The molecule has 1 N–H and O–H groups in total. The average molecular weight is 220 g/mol. The Balaban J connectivity index is 1.77. The molecule has 1 aromatic heterocycles. The summed E-state index contributed by atoms with van der Waals surface area (Å²) in [6.07, 6.45) is 9.28. The first-order valence-electron chi connectivity index (χ1n) is 6.01. The first-order valence-corrected chi connectivity index (χ1v) is 6.01. The lowest BCUT2D eigenvalue weighted by Gasteiger charge is -2.27. The van der Waals surface area contributed by atoms with Crippen molar-refractivity contribution in [3.05, 3.63) is 24.3 Å². The van der Waals surface area contributed by atoms with Crippen molar-refractivity contribution in [3.63, 3.8) is 0 Å². The highest BCUT2D eigenvalue weighted by Crippen LogP contribution is 2.08. The zero-order valence-electron chi connectivity index (χ0n) is 9.89. The fourth-order valence-corrected chi connectivity index (χ4v) is 2.21. The van der Waals surface area contributed by atoms with Crippen LogP contribution < -0.4 is 5.32 Å². The second-order valence-electron chi connectivity index (χ2n) is 4.54. The Bertz CT molecular complexity index is 295. The monoisotopic (exact) mass is 220 g/mol. The van der Waals surface area contributed by atoms with Crippen LogP contribution in [0.25, 0.3) is 0 Å². The Morgan fingerprint density at radius 2 is 2.38 bits per heavy atom. The summed E-state index contributed by atoms with van der Waals surface area (Å²) in [6.45, 7) is 3.15. The van der Waals surface area contributed by atoms with E-state index in [4.69, 9.17) is 0 Å². The molecule has 0 radical (unpaired) electrons. The van der Waals surface area contributed by atoms with E-state index in [1.165, 1.54) is 25.8 Å². The Hall–Kier alpha value is -1.00. The summed E-state index contributed by atoms with van der Waals surface area (Å²) in [5, 5.41) is 3.56. The van der Waals surface area contributed by atoms with Gasteiger partial charge >= 0.3 is 0 Å². The summed E-state index contributed by atoms with van der Waals surface area (Å²) in [5.41, 5.74) is 1.04. The molecule has 0 saturated carbocycles. The van der Waals surface area contributed by atoms with E-state index in [1.807, 2.05) is 6.20 Å². The summed E-state index contributed by atoms with van der Waals surface area (Å²) in [6, 6.07) is 0.649. The number of aromatic nitrogens is 2. The number of piperidine rings is 1. The van der Waals surface area contributed by atoms with Crippen LogP contribution in [0.5, 0.6) is 0 Å². The number of nitrogens with zero attached hydrogens (tertiary/aromatic N) is 3. The molecule has 88 valence electrons. The fourth-order valence-electron chi connectivity index (χ4n) is 2.21. The zero-order valence-corrected chi connectivity index (χ0v) is 9.89. The molecular weight excluding hydrogens is 200 g/mol. The fraction of sp³-hybridized carbons (Fsp3) is 0.667. The summed E-state index contributed by atoms with van der Waals surface area (Å²) < 4.78 is 0. The van der Waals surface area contributed by atoms with E-state index in [-0.39, 0.29) is 0 Å². The molecule has 2 heterocycles. The number of likely N-dealkylation sites (N-methyl/N-ethyl adjacent to an activating group) is 1. The molecule has 16 heavy (non-hydrogen) atoms. The maximum Gasteiger partial charge on any atom is 0.0726 e. The highest BCUT2D eigenvalue weighted by atomic mass is 15.1. The van der Waals surface area contributed by atoms with Gasteiger partial charge in [0, 0.05) is 37.7 Å². The third kappa shape index (κ3) is 3.54. The second kappa shape index (κ2) is 5.92. The van der Waals surface area contributed by atoms with Gasteiger partial charge in [-0.25, -0.2) is 0 Å². The van der Waals surface area contributed by atoms with Gasteiger partial charge in [0.15, 0.2) is 0 Å². The minimum atomic E-state index is 0.649. The second-order valence-corrected chi connectivity index (χ2v) is 4.54. The van der Waals surface area contributed by atoms with Gasteiger partial charge in [0.2, 0.25) is 0 Å². The molecule has 0 amide bonds. The van der Waals surface area contributed by atoms with Crippen LogP contribution in [0.1, 0.15) is 25.0 Å². The van der Waals surface area contributed by atoms with Crippen molar-refractivity contribution >= 4 is 0 Å². The first kappa shape index (κ1) is 11.5. The van der Waals surface area contributed by atoms with Crippen LogP contribution in [-0.2, 0) is 6.54 Å². The maximum atomic E-state index is 4.29. The van der Waals surface area contributed by atoms with E-state index < -0.39 is 0 Å². The zero-order chi connectivity index (χ0) is 11.2. The van der Waals surface area contributed by atoms with Crippen molar-refractivity contribution < 1.29 is 0 Å². The molecule has 4 nitrogen and oxygen atoms in total. The topological polar surface area (TPSA) is 41.1 Å². The SMILES string of the molecule is CN(Cc1cnccn1)C[C@H]1CCCCN1. The predicted molar refractivity (Wildman–Crippen MR) is 64.0 cm³/mol. The molecule has 4 heteroatoms. The van der Waals surface area contributed by atoms with Crippen LogP contribution in [0.4, 0.5) is 0 Å². The lowest BCUT2D eigenvalue weighted by Crippen LogP contribution is -2.42. The van der Waals surface area contributed by atoms with Crippen molar-refractivity contribution in [2.75, 3.05) is 20.1 Å². The van der Waals surface area contributed by atoms with Crippen LogP contribution in [0.15, 0.2) is 18.6 Å². The molecule has 0 aliphatic carbocycles. The van der Waals surface area contributed by atoms with E-state index >= 15 is 0 Å². The van der Waals surface area contributed by atoms with Crippen LogP contribution in [0, 0.1) is 0 Å². The van der Waals surface area contributed by atoms with Crippen LogP contribution >= 0.6 is 0 Å². The van der Waals surface area contributed by atoms with Gasteiger partial charge in [-0.05, 0) is 26.4 Å². The summed E-state index contributed by atoms with van der Waals surface area (Å²) in [7, 11) is 2.14. The van der Waals surface area contributed by atoms with Crippen molar-refractivity contribution in [1.82, 2.24) is 20.2 Å². The highest BCUT2D eigenvalue weighted by molar-refractivity contribution is 4.94. The summed E-state index contributed by atoms with van der Waals surface area (Å²) >= 11 is 0. The summed E-state index contributed by atoms with van der Waals surface area (Å²) in [5.74, 6) is 0. The van der Waals surface area contributed by atoms with Gasteiger partial charge in [0.05, 0.1) is 5.69 Å². The van der Waals surface area contributed by atoms with E-state index in [9.17, 15) is 0 Å². The normalized spacial score (nSPS) is 21.2. The minimum Gasteiger partial charge on any atom is -0.313 e. The standard InChI is InChI=1S/C12H20N4/c1-16(9-11-4-2-3-5-14-11)10-12-8-13-6-7-15-12/h6-8,11,14H,2-5,9-10H2,1H3/t11-/m1/s1. The maximum absolute atomic E-state index is 4.29. The third-order valence-electron chi connectivity index (χ3n) is 2.99. The van der Waals surface area contributed by atoms with Crippen LogP contribution in [0.2, 0.25) is 0 Å². The van der Waals surface area contributed by atoms with Crippen LogP contribution in [-0.4, -0.2) is 41.0 Å². The van der Waals surface area contributed by atoms with Crippen molar-refractivity contribution in [2.45, 2.75) is 31.8 Å². The van der Waals surface area contributed by atoms with E-state index in [1.54, 1.807) is 12.4 Å². The smallest absolute Gasteiger partial charge is 0.0726 e. The molecule has 1 aromatic rings. The van der Waals surface area contributed by atoms with Crippen molar-refractivity contribution in [1.29, 1.82) is 0 Å². The predicted octanol–water partition coefficient (Wildman–Crippen LogP) is 1.05. The molecule has 0 unspecified atom stereocenters. The highest BCUT2D eigenvalue weighted by Gasteiger charge is 2.14. The largest absolute Gasteiger partial charge is 0.313 e. The van der Waals surface area contributed by atoms with Crippen molar-refractivity contribution in [2.24, 2.45) is 0 Å². The van der Waals surface area contributed by atoms with Gasteiger partial charge in [-0.2, -0.15) is 0 Å². The Kier molecular flexibility index (Phi) is 4.25. The van der Waals surface area contributed by atoms with Gasteiger partial charge in [-0.1, -0.05) is 6.42 Å². The molecule has 0 bridgehead atoms. The number of rotatable bonds is 4. The minimum absolute atomic E-state index is 0.649. The van der Waals surface area contributed by atoms with E-state index in [0.717, 1.165) is 18.8 Å². The Labute approximate surface area is 97.1 Å². The molecule has 1 aliphatic rings. The molecule has 1 atom stereocenters. The Morgan fingerprint density at radius 1 is 1.44 bits per heavy atom. The van der Waals surface area contributed by atoms with Gasteiger partial charge < -0.3 is 5.32 Å². The quantitative estimate of drug-likeness (QED) is 0.823. The van der Waals surface area contributed by atoms with Gasteiger partial charge in [-0.3, -0.25) is 14.9 Å². The molecule has 0 aromatic carbocycles. The molecule has 2 rings (SSSR count). The number of hydrogen-bond acceptors (Lipinski definition) is 4. The first-order chi connectivity index (χ1) is 7.84. The average Bonchev–Trinajstić information content (AvgIpc) is 2.31. The molecule has 1 fully saturated rings. The lowest BCUT2D eigenvalue weighted by atomic mass is 10.0. The van der Waals surface area contributed by atoms with Gasteiger partial charge in [0.25, 0.3) is 0 Å². The molecule has 1 saturated heterocycles. The number of hydrogen-bond donors (Lipinski definition) is 1. The molecule has 0 spiro atoms. The van der Waals surface area contributed by atoms with Gasteiger partial charge in [-0.15, -0.1) is 0 Å². The number of nitrogens with one attached hydrogen (secondary N) is 1.